The van der Waals surface area contributed by atoms with Crippen LogP contribution in [0, 0.1) is 0 Å². The van der Waals surface area contributed by atoms with Gasteiger partial charge in [-0.3, -0.25) is 0 Å². The second-order valence-corrected chi connectivity index (χ2v) is 7.14. The third-order valence-electron chi connectivity index (χ3n) is 3.05. The quantitative estimate of drug-likeness (QED) is 0.719. The van der Waals surface area contributed by atoms with Crippen LogP contribution in [0.4, 0.5) is 4.79 Å². The maximum absolute atomic E-state index is 11.8. The lowest BCUT2D eigenvalue weighted by atomic mass is 10.0. The highest BCUT2D eigenvalue weighted by molar-refractivity contribution is 8.00. The molecule has 22 heavy (non-hydrogen) atoms. The zero-order valence-electron chi connectivity index (χ0n) is 13.1. The molecule has 0 aliphatic heterocycles. The number of carboxylic acid groups (broad SMARTS) is 1. The number of rotatable bonds is 8. The van der Waals surface area contributed by atoms with E-state index in [1.54, 1.807) is 11.8 Å². The van der Waals surface area contributed by atoms with Crippen molar-refractivity contribution in [2.24, 2.45) is 0 Å². The number of thioether (sulfide) groups is 1. The molecule has 0 spiro atoms. The number of benzene rings is 1. The third kappa shape index (κ3) is 6.85. The summed E-state index contributed by atoms with van der Waals surface area (Å²) in [5, 5.41) is 11.6. The Morgan fingerprint density at radius 2 is 1.91 bits per heavy atom. The van der Waals surface area contributed by atoms with Gasteiger partial charge in [-0.15, -0.1) is 0 Å². The van der Waals surface area contributed by atoms with Crippen LogP contribution in [0.5, 0.6) is 0 Å². The van der Waals surface area contributed by atoms with E-state index >= 15 is 0 Å². The lowest BCUT2D eigenvalue weighted by Crippen LogP contribution is -2.43. The van der Waals surface area contributed by atoms with Crippen molar-refractivity contribution in [3.8, 4) is 0 Å². The van der Waals surface area contributed by atoms with Gasteiger partial charge in [0.2, 0.25) is 0 Å². The Morgan fingerprint density at radius 3 is 2.41 bits per heavy atom. The third-order valence-corrected chi connectivity index (χ3v) is 4.34. The van der Waals surface area contributed by atoms with E-state index in [4.69, 9.17) is 9.84 Å². The van der Waals surface area contributed by atoms with Gasteiger partial charge in [0, 0.05) is 5.25 Å². The summed E-state index contributed by atoms with van der Waals surface area (Å²) in [6.07, 6.45) is -0.0433. The van der Waals surface area contributed by atoms with E-state index in [1.165, 1.54) is 12.7 Å². The van der Waals surface area contributed by atoms with Gasteiger partial charge >= 0.3 is 12.1 Å². The van der Waals surface area contributed by atoms with Gasteiger partial charge in [-0.05, 0) is 23.7 Å². The predicted octanol–water partition coefficient (Wildman–Crippen LogP) is 2.94. The van der Waals surface area contributed by atoms with Crippen LogP contribution in [0.1, 0.15) is 25.8 Å². The molecule has 2 atom stereocenters. The zero-order chi connectivity index (χ0) is 16.5. The van der Waals surface area contributed by atoms with Crippen LogP contribution in [0.25, 0.3) is 0 Å². The molecular formula is C16H23NO4S. The van der Waals surface area contributed by atoms with Crippen LogP contribution in [0.2, 0.25) is 0 Å². The Kier molecular flexibility index (Phi) is 7.80. The average Bonchev–Trinajstić information content (AvgIpc) is 2.45. The fraction of sp³-hybridized carbons (Fsp3) is 0.500. The number of methoxy groups -OCH3 is 1. The minimum Gasteiger partial charge on any atom is -0.467 e. The van der Waals surface area contributed by atoms with E-state index < -0.39 is 18.1 Å². The Hall–Kier alpha value is -1.69. The molecule has 5 nitrogen and oxygen atoms in total. The highest BCUT2D eigenvalue weighted by atomic mass is 32.2. The summed E-state index contributed by atoms with van der Waals surface area (Å²) in [6, 6.07) is 9.12. The van der Waals surface area contributed by atoms with E-state index in [0.29, 0.717) is 11.7 Å². The Labute approximate surface area is 135 Å². The van der Waals surface area contributed by atoms with E-state index in [1.807, 2.05) is 30.3 Å². The van der Waals surface area contributed by atoms with E-state index in [0.717, 1.165) is 6.42 Å². The van der Waals surface area contributed by atoms with E-state index in [9.17, 15) is 9.59 Å². The summed E-state index contributed by atoms with van der Waals surface area (Å²) in [5.41, 5.74) is 1.17. The zero-order valence-corrected chi connectivity index (χ0v) is 13.9. The van der Waals surface area contributed by atoms with Gasteiger partial charge < -0.3 is 15.2 Å². The van der Waals surface area contributed by atoms with Crippen LogP contribution < -0.4 is 5.32 Å². The molecule has 2 N–H and O–H groups in total. The molecule has 1 aromatic carbocycles. The average molecular weight is 325 g/mol. The Morgan fingerprint density at radius 1 is 1.27 bits per heavy atom. The lowest BCUT2D eigenvalue weighted by molar-refractivity contribution is -0.143. The first-order valence-corrected chi connectivity index (χ1v) is 8.13. The number of esters is 1. The normalized spacial score (nSPS) is 13.5. The number of ether oxygens (including phenoxy) is 1. The summed E-state index contributed by atoms with van der Waals surface area (Å²) in [5.74, 6) is -0.551. The van der Waals surface area contributed by atoms with Gasteiger partial charge in [-0.25, -0.2) is 9.59 Å². The number of amides is 1. The molecule has 1 rings (SSSR count). The second kappa shape index (κ2) is 9.35. The minimum absolute atomic E-state index is 0.123. The Bertz CT molecular complexity index is 478. The standard InChI is InChI=1S/C16H23NO4S/c1-11(2)22-13(9-12-7-5-4-6-8-12)10-14(15(18)21-3)17-16(19)20/h4-8,11,13-14,17H,9-10H2,1-3H3,(H,19,20). The van der Waals surface area contributed by atoms with E-state index in [-0.39, 0.29) is 5.25 Å². The molecule has 0 fully saturated rings. The molecular weight excluding hydrogens is 302 g/mol. The molecule has 0 radical (unpaired) electrons. The fourth-order valence-corrected chi connectivity index (χ4v) is 3.58. The smallest absolute Gasteiger partial charge is 0.405 e. The van der Waals surface area contributed by atoms with Crippen LogP contribution in [0.15, 0.2) is 30.3 Å². The van der Waals surface area contributed by atoms with Gasteiger partial charge in [0.15, 0.2) is 0 Å². The fourth-order valence-electron chi connectivity index (χ4n) is 2.22. The van der Waals surface area contributed by atoms with Gasteiger partial charge in [0.05, 0.1) is 7.11 Å². The summed E-state index contributed by atoms with van der Waals surface area (Å²) in [4.78, 5) is 22.6. The Balaban J connectivity index is 2.80. The van der Waals surface area contributed by atoms with Crippen LogP contribution in [0.3, 0.4) is 0 Å². The van der Waals surface area contributed by atoms with Crippen LogP contribution in [-0.4, -0.2) is 40.8 Å². The molecule has 0 aromatic heterocycles. The van der Waals surface area contributed by atoms with Gasteiger partial charge in [-0.2, -0.15) is 11.8 Å². The summed E-state index contributed by atoms with van der Waals surface area (Å²) in [7, 11) is 1.26. The lowest BCUT2D eigenvalue weighted by Gasteiger charge is -2.23. The molecule has 0 bridgehead atoms. The summed E-state index contributed by atoms with van der Waals surface area (Å²) < 4.78 is 4.70. The van der Waals surface area contributed by atoms with Crippen molar-refractivity contribution in [1.29, 1.82) is 0 Å². The molecule has 6 heteroatoms. The van der Waals surface area contributed by atoms with Gasteiger partial charge in [0.25, 0.3) is 0 Å². The number of carbonyl (C=O) groups excluding carboxylic acids is 1. The monoisotopic (exact) mass is 325 g/mol. The molecule has 1 aromatic rings. The molecule has 0 saturated heterocycles. The first-order chi connectivity index (χ1) is 10.4. The number of carbonyl (C=O) groups is 2. The largest absolute Gasteiger partial charge is 0.467 e. The van der Waals surface area contributed by atoms with Crippen molar-refractivity contribution in [2.75, 3.05) is 7.11 Å². The number of nitrogens with one attached hydrogen (secondary N) is 1. The van der Waals surface area contributed by atoms with Gasteiger partial charge in [0.1, 0.15) is 6.04 Å². The van der Waals surface area contributed by atoms with Crippen molar-refractivity contribution < 1.29 is 19.4 Å². The van der Waals surface area contributed by atoms with Crippen molar-refractivity contribution >= 4 is 23.8 Å². The molecule has 0 saturated carbocycles. The minimum atomic E-state index is -1.22. The number of hydrogen-bond acceptors (Lipinski definition) is 4. The topological polar surface area (TPSA) is 75.6 Å². The van der Waals surface area contributed by atoms with Crippen molar-refractivity contribution in [2.45, 2.75) is 43.2 Å². The maximum atomic E-state index is 11.8. The number of hydrogen-bond donors (Lipinski definition) is 2. The highest BCUT2D eigenvalue weighted by Gasteiger charge is 2.26. The predicted molar refractivity (Wildman–Crippen MR) is 88.2 cm³/mol. The van der Waals surface area contributed by atoms with E-state index in [2.05, 4.69) is 19.2 Å². The molecule has 122 valence electrons. The summed E-state index contributed by atoms with van der Waals surface area (Å²) >= 11 is 1.74. The summed E-state index contributed by atoms with van der Waals surface area (Å²) in [6.45, 7) is 4.17. The first kappa shape index (κ1) is 18.4. The second-order valence-electron chi connectivity index (χ2n) is 5.26. The van der Waals surface area contributed by atoms with Crippen molar-refractivity contribution in [1.82, 2.24) is 5.32 Å². The van der Waals surface area contributed by atoms with Gasteiger partial charge in [-0.1, -0.05) is 44.2 Å². The van der Waals surface area contributed by atoms with Crippen LogP contribution in [-0.2, 0) is 16.0 Å². The molecule has 0 aliphatic carbocycles. The maximum Gasteiger partial charge on any atom is 0.405 e. The molecule has 0 aliphatic rings. The SMILES string of the molecule is COC(=O)C(CC(Cc1ccccc1)SC(C)C)NC(=O)O. The van der Waals surface area contributed by atoms with Crippen molar-refractivity contribution in [3.05, 3.63) is 35.9 Å². The van der Waals surface area contributed by atoms with Crippen molar-refractivity contribution in [3.63, 3.8) is 0 Å². The molecule has 2 unspecified atom stereocenters. The molecule has 0 heterocycles. The highest BCUT2D eigenvalue weighted by Crippen LogP contribution is 2.25. The molecule has 1 amide bonds. The van der Waals surface area contributed by atoms with Crippen LogP contribution >= 0.6 is 11.8 Å². The first-order valence-electron chi connectivity index (χ1n) is 7.19.